The molecule has 1 aromatic rings. The van der Waals surface area contributed by atoms with Crippen molar-refractivity contribution >= 4 is 46.6 Å². The number of carbonyl (C=O) groups is 6. The molecule has 3 bridgehead atoms. The van der Waals surface area contributed by atoms with Gasteiger partial charge in [-0.1, -0.05) is 69.0 Å². The molecule has 2 aliphatic heterocycles. The molecule has 0 spiro atoms. The van der Waals surface area contributed by atoms with Crippen LogP contribution in [0, 0.1) is 24.7 Å². The molecule has 0 saturated heterocycles. The van der Waals surface area contributed by atoms with Gasteiger partial charge in [0.1, 0.15) is 16.2 Å². The van der Waals surface area contributed by atoms with Gasteiger partial charge in [0.15, 0.2) is 17.3 Å². The van der Waals surface area contributed by atoms with Crippen molar-refractivity contribution in [1.82, 2.24) is 5.32 Å². The van der Waals surface area contributed by atoms with Gasteiger partial charge in [-0.05, 0) is 69.0 Å². The second-order valence-corrected chi connectivity index (χ2v) is 15.4. The summed E-state index contributed by atoms with van der Waals surface area (Å²) in [7, 11) is 0. The van der Waals surface area contributed by atoms with Crippen LogP contribution in [0.2, 0.25) is 0 Å². The summed E-state index contributed by atoms with van der Waals surface area (Å²) < 4.78 is -1.54. The number of Topliss-reactive ketones (excluding diaryl/α,β-unsaturated/α-hetero) is 4. The maximum absolute atomic E-state index is 14.2. The molecule has 0 saturated carbocycles. The van der Waals surface area contributed by atoms with E-state index in [4.69, 9.17) is 0 Å². The third-order valence-corrected chi connectivity index (χ3v) is 11.0. The number of aliphatic hydroxyl groups excluding tert-OH is 3. The molecule has 5 N–H and O–H groups in total. The lowest BCUT2D eigenvalue weighted by Crippen LogP contribution is -2.48. The van der Waals surface area contributed by atoms with Crippen molar-refractivity contribution in [2.24, 2.45) is 17.8 Å². The molecular weight excluding hydrogens is 687 g/mol. The minimum absolute atomic E-state index is 0.0944. The Morgan fingerprint density at radius 1 is 0.808 bits per heavy atom. The molecule has 1 aliphatic carbocycles. The highest BCUT2D eigenvalue weighted by atomic mass is 32.2. The number of fused-ring (bicyclic) bond motifs is 1. The molecule has 11 nitrogen and oxygen atoms in total. The van der Waals surface area contributed by atoms with Gasteiger partial charge >= 0.3 is 0 Å². The molecule has 0 aromatic heterocycles. The van der Waals surface area contributed by atoms with Gasteiger partial charge in [-0.3, -0.25) is 28.8 Å². The Morgan fingerprint density at radius 2 is 1.48 bits per heavy atom. The molecule has 1 amide bonds. The number of ketones is 5. The average molecular weight is 732 g/mol. The second kappa shape index (κ2) is 16.0. The molecule has 12 heteroatoms. The van der Waals surface area contributed by atoms with Crippen LogP contribution in [-0.2, 0) is 14.4 Å². The number of hydrogen-bond acceptors (Lipinski definition) is 11. The van der Waals surface area contributed by atoms with Gasteiger partial charge in [0.25, 0.3) is 0 Å². The standard InChI is InChI=1S/C40H45NO10S/c1-19-8-11-25(42)13-10-21(3)33(46)22(4)16-23(5)34(47)31-30-27(17-24(6)35(31)48)36(49)32-38(37(30)50)52-40(7,39(51)41-32)15-14-26(43)12-9-20(2)29(45)18-28(19)44/h8-10,12-17,20-22,25,29,33,42,45-46,48H,11,18H2,1-7H3,(H,41,51). The molecule has 276 valence electrons. The number of aromatic hydroxyl groups is 1. The topological polar surface area (TPSA) is 195 Å². The summed E-state index contributed by atoms with van der Waals surface area (Å²) in [6.45, 7) is 11.0. The smallest absolute Gasteiger partial charge is 0.244 e. The van der Waals surface area contributed by atoms with Gasteiger partial charge in [-0.25, -0.2) is 0 Å². The summed E-state index contributed by atoms with van der Waals surface area (Å²) in [5.41, 5.74) is -0.522. The summed E-state index contributed by atoms with van der Waals surface area (Å²) >= 11 is 0.737. The van der Waals surface area contributed by atoms with Crippen LogP contribution in [-0.4, -0.2) is 78.3 Å². The quantitative estimate of drug-likeness (QED) is 0.235. The van der Waals surface area contributed by atoms with E-state index in [0.717, 1.165) is 17.8 Å². The highest BCUT2D eigenvalue weighted by Gasteiger charge is 2.47. The van der Waals surface area contributed by atoms with Crippen LogP contribution in [0.1, 0.15) is 91.0 Å². The molecule has 52 heavy (non-hydrogen) atoms. The van der Waals surface area contributed by atoms with E-state index in [2.05, 4.69) is 5.32 Å². The number of carbonyl (C=O) groups excluding carboxylic acids is 6. The average Bonchev–Trinajstić information content (AvgIpc) is 3.10. The first kappa shape index (κ1) is 40.3. The lowest BCUT2D eigenvalue weighted by molar-refractivity contribution is -0.121. The number of aryl methyl sites for hydroxylation is 1. The van der Waals surface area contributed by atoms with Crippen molar-refractivity contribution in [3.63, 3.8) is 0 Å². The molecule has 7 atom stereocenters. The van der Waals surface area contributed by atoms with E-state index in [9.17, 15) is 49.2 Å². The highest BCUT2D eigenvalue weighted by molar-refractivity contribution is 8.06. The zero-order valence-electron chi connectivity index (χ0n) is 30.2. The summed E-state index contributed by atoms with van der Waals surface area (Å²) in [4.78, 5) is 80.7. The number of aliphatic hydroxyl groups is 3. The fourth-order valence-electron chi connectivity index (χ4n) is 6.09. The van der Waals surface area contributed by atoms with Crippen LogP contribution < -0.4 is 5.32 Å². The number of thioether (sulfide) groups is 1. The Morgan fingerprint density at radius 3 is 2.15 bits per heavy atom. The number of amides is 1. The van der Waals surface area contributed by atoms with Gasteiger partial charge < -0.3 is 25.7 Å². The second-order valence-electron chi connectivity index (χ2n) is 14.0. The number of nitrogens with one attached hydrogen (secondary N) is 1. The maximum Gasteiger partial charge on any atom is 0.244 e. The summed E-state index contributed by atoms with van der Waals surface area (Å²) in [6.07, 6.45) is 7.99. The predicted octanol–water partition coefficient (Wildman–Crippen LogP) is 4.58. The summed E-state index contributed by atoms with van der Waals surface area (Å²) in [5.74, 6) is -5.96. The number of benzene rings is 1. The van der Waals surface area contributed by atoms with Crippen molar-refractivity contribution in [2.75, 3.05) is 0 Å². The van der Waals surface area contributed by atoms with Gasteiger partial charge in [0, 0.05) is 35.3 Å². The summed E-state index contributed by atoms with van der Waals surface area (Å²) in [5, 5.41) is 45.9. The Bertz CT molecular complexity index is 1910. The minimum atomic E-state index is -1.54. The maximum atomic E-state index is 14.2. The fraction of sp³-hybridized carbons (Fsp3) is 0.400. The number of phenolic OH excluding ortho intramolecular Hbond substituents is 1. The van der Waals surface area contributed by atoms with Crippen molar-refractivity contribution < 1.29 is 49.2 Å². The molecule has 0 radical (unpaired) electrons. The normalized spacial score (nSPS) is 30.0. The van der Waals surface area contributed by atoms with Crippen molar-refractivity contribution in [3.8, 4) is 5.75 Å². The largest absolute Gasteiger partial charge is 0.507 e. The van der Waals surface area contributed by atoms with Gasteiger partial charge in [-0.2, -0.15) is 0 Å². The van der Waals surface area contributed by atoms with E-state index < -0.39 is 75.6 Å². The van der Waals surface area contributed by atoms with Crippen LogP contribution in [0.4, 0.5) is 0 Å². The van der Waals surface area contributed by atoms with E-state index in [1.54, 1.807) is 39.8 Å². The summed E-state index contributed by atoms with van der Waals surface area (Å²) in [6, 6.07) is 1.29. The lowest BCUT2D eigenvalue weighted by Gasteiger charge is -2.34. The Hall–Kier alpha value is -4.49. The van der Waals surface area contributed by atoms with E-state index in [1.165, 1.54) is 57.2 Å². The minimum Gasteiger partial charge on any atom is -0.507 e. The first-order valence-electron chi connectivity index (χ1n) is 17.0. The first-order valence-corrected chi connectivity index (χ1v) is 17.9. The molecule has 2 heterocycles. The first-order chi connectivity index (χ1) is 24.3. The van der Waals surface area contributed by atoms with Gasteiger partial charge in [0.2, 0.25) is 17.5 Å². The molecule has 3 aliphatic rings. The Labute approximate surface area is 307 Å². The van der Waals surface area contributed by atoms with E-state index >= 15 is 0 Å². The van der Waals surface area contributed by atoms with Crippen LogP contribution in [0.15, 0.2) is 76.4 Å². The van der Waals surface area contributed by atoms with Gasteiger partial charge in [-0.15, -0.1) is 0 Å². The number of hydrogen-bond donors (Lipinski definition) is 5. The van der Waals surface area contributed by atoms with Crippen LogP contribution in [0.25, 0.3) is 0 Å². The number of allylic oxidation sites excluding steroid dienone is 6. The molecule has 7 unspecified atom stereocenters. The third-order valence-electron chi connectivity index (χ3n) is 9.67. The number of rotatable bonds is 0. The van der Waals surface area contributed by atoms with E-state index in [-0.39, 0.29) is 57.1 Å². The van der Waals surface area contributed by atoms with Crippen LogP contribution >= 0.6 is 11.8 Å². The molecule has 0 fully saturated rings. The zero-order chi connectivity index (χ0) is 38.8. The lowest BCUT2D eigenvalue weighted by atomic mass is 9.83. The van der Waals surface area contributed by atoms with E-state index in [0.29, 0.717) is 5.57 Å². The Kier molecular flexibility index (Phi) is 12.4. The monoisotopic (exact) mass is 731 g/mol. The van der Waals surface area contributed by atoms with Crippen molar-refractivity contribution in [3.05, 3.63) is 98.7 Å². The Balaban J connectivity index is 1.80. The number of phenols is 1. The van der Waals surface area contributed by atoms with E-state index in [1.807, 2.05) is 0 Å². The van der Waals surface area contributed by atoms with Gasteiger partial charge in [0.05, 0.1) is 28.8 Å². The van der Waals surface area contributed by atoms with Crippen molar-refractivity contribution in [1.29, 1.82) is 0 Å². The SMILES string of the molecule is CC1=CCC(O)C=CC(C)C(O)C(C)C=C(C)C(=O)c2c(O)c(C)cc3c2C(=O)C2=C(NC(=O)C(C)(C=CC(=O)C=CC(C)C(O)CC1=O)S2)C3=O. The third kappa shape index (κ3) is 8.42. The fourth-order valence-corrected chi connectivity index (χ4v) is 7.23. The molecular formula is C40H45NO10S. The zero-order valence-corrected chi connectivity index (χ0v) is 31.0. The predicted molar refractivity (Wildman–Crippen MR) is 197 cm³/mol. The highest BCUT2D eigenvalue weighted by Crippen LogP contribution is 2.46. The molecule has 4 rings (SSSR count). The van der Waals surface area contributed by atoms with Crippen LogP contribution in [0.3, 0.4) is 0 Å². The van der Waals surface area contributed by atoms with Crippen molar-refractivity contribution in [2.45, 2.75) is 84.4 Å². The van der Waals surface area contributed by atoms with Crippen LogP contribution in [0.5, 0.6) is 5.75 Å². The molecule has 1 aromatic carbocycles.